The molecule has 0 unspecified atom stereocenters. The molecular weight excluding hydrogens is 446 g/mol. The van der Waals surface area contributed by atoms with Crippen LogP contribution in [0.1, 0.15) is 27.1 Å². The number of hydrogen-bond donors (Lipinski definition) is 2. The lowest BCUT2D eigenvalue weighted by molar-refractivity contribution is -0.299. The zero-order valence-corrected chi connectivity index (χ0v) is 18.2. The van der Waals surface area contributed by atoms with Crippen LogP contribution >= 0.6 is 0 Å². The number of esters is 2. The number of ether oxygens (including phenoxy) is 4. The van der Waals surface area contributed by atoms with Gasteiger partial charge in [-0.15, -0.1) is 0 Å². The molecule has 3 rings (SSSR count). The number of nitrogens with zero attached hydrogens (tertiary/aromatic N) is 3. The normalized spacial score (nSPS) is 24.0. The molecule has 1 saturated heterocycles. The van der Waals surface area contributed by atoms with E-state index in [2.05, 4.69) is 10.0 Å². The molecular formula is C23H25N3O8. The minimum Gasteiger partial charge on any atom is -0.459 e. The molecule has 180 valence electrons. The highest BCUT2D eigenvalue weighted by atomic mass is 16.7. The second-order valence-electron chi connectivity index (χ2n) is 7.40. The molecule has 0 aromatic heterocycles. The van der Waals surface area contributed by atoms with E-state index in [1.807, 2.05) is 0 Å². The number of aliphatic hydroxyl groups excluding tert-OH is 2. The van der Waals surface area contributed by atoms with Gasteiger partial charge in [0, 0.05) is 11.5 Å². The Labute approximate surface area is 195 Å². The van der Waals surface area contributed by atoms with Crippen molar-refractivity contribution < 1.29 is 38.7 Å². The lowest BCUT2D eigenvalue weighted by Crippen LogP contribution is -2.60. The van der Waals surface area contributed by atoms with E-state index >= 15 is 0 Å². The number of hydrogen-bond acceptors (Lipinski definition) is 9. The van der Waals surface area contributed by atoms with Crippen LogP contribution in [-0.2, 0) is 18.9 Å². The molecule has 5 atom stereocenters. The zero-order chi connectivity index (χ0) is 24.3. The van der Waals surface area contributed by atoms with E-state index in [0.717, 1.165) is 0 Å². The first-order valence-electron chi connectivity index (χ1n) is 10.6. The fraction of sp³-hybridized carbons (Fsp3) is 0.391. The van der Waals surface area contributed by atoms with Gasteiger partial charge in [0.1, 0.15) is 24.9 Å². The number of benzene rings is 2. The number of carbonyl (C=O) groups excluding carboxylic acids is 2. The molecule has 0 radical (unpaired) electrons. The second kappa shape index (κ2) is 12.7. The monoisotopic (exact) mass is 471 g/mol. The van der Waals surface area contributed by atoms with Crippen molar-refractivity contribution in [2.75, 3.05) is 19.8 Å². The maximum Gasteiger partial charge on any atom is 0.338 e. The predicted octanol–water partition coefficient (Wildman–Crippen LogP) is 2.23. The quantitative estimate of drug-likeness (QED) is 0.175. The Morgan fingerprint density at radius 3 is 2.21 bits per heavy atom. The van der Waals surface area contributed by atoms with E-state index in [1.54, 1.807) is 48.5 Å². The summed E-state index contributed by atoms with van der Waals surface area (Å²) in [6, 6.07) is 16.4. The molecule has 1 heterocycles. The van der Waals surface area contributed by atoms with Gasteiger partial charge in [0.15, 0.2) is 12.4 Å². The van der Waals surface area contributed by atoms with Gasteiger partial charge in [-0.1, -0.05) is 41.5 Å². The SMILES string of the molecule is [N-]=[N+]=NCCCO[C@@H]1O[C@H](COC(=O)c2ccccc2)[C@H](O)[C@H](O)[C@H]1OC(=O)c1ccccc1. The van der Waals surface area contributed by atoms with E-state index in [9.17, 15) is 19.8 Å². The van der Waals surface area contributed by atoms with Gasteiger partial charge in [-0.25, -0.2) is 9.59 Å². The third-order valence-electron chi connectivity index (χ3n) is 5.03. The van der Waals surface area contributed by atoms with Crippen LogP contribution in [0.25, 0.3) is 10.4 Å². The van der Waals surface area contributed by atoms with Gasteiger partial charge in [0.2, 0.25) is 0 Å². The van der Waals surface area contributed by atoms with Crippen LogP contribution in [0, 0.1) is 0 Å². The van der Waals surface area contributed by atoms with Crippen LogP contribution in [0.15, 0.2) is 65.8 Å². The van der Waals surface area contributed by atoms with Gasteiger partial charge in [-0.3, -0.25) is 0 Å². The fourth-order valence-electron chi connectivity index (χ4n) is 3.26. The lowest BCUT2D eigenvalue weighted by Gasteiger charge is -2.41. The Morgan fingerprint density at radius 2 is 1.59 bits per heavy atom. The van der Waals surface area contributed by atoms with Crippen LogP contribution in [0.2, 0.25) is 0 Å². The number of rotatable bonds is 10. The summed E-state index contributed by atoms with van der Waals surface area (Å²) in [6.45, 7) is -0.146. The average Bonchev–Trinajstić information content (AvgIpc) is 2.87. The number of aliphatic hydroxyl groups is 2. The van der Waals surface area contributed by atoms with Crippen LogP contribution in [0.3, 0.4) is 0 Å². The van der Waals surface area contributed by atoms with Crippen molar-refractivity contribution in [2.45, 2.75) is 37.1 Å². The van der Waals surface area contributed by atoms with E-state index in [-0.39, 0.29) is 25.3 Å². The molecule has 0 saturated carbocycles. The molecule has 34 heavy (non-hydrogen) atoms. The Morgan fingerprint density at radius 1 is 0.971 bits per heavy atom. The summed E-state index contributed by atoms with van der Waals surface area (Å²) in [4.78, 5) is 27.4. The fourth-order valence-corrected chi connectivity index (χ4v) is 3.26. The molecule has 0 bridgehead atoms. The summed E-state index contributed by atoms with van der Waals surface area (Å²) in [7, 11) is 0. The predicted molar refractivity (Wildman–Crippen MR) is 118 cm³/mol. The lowest BCUT2D eigenvalue weighted by atomic mass is 9.99. The standard InChI is InChI=1S/C23H25N3O8/c24-26-25-12-7-13-31-23-20(34-22(30)16-10-5-2-6-11-16)19(28)18(27)17(33-23)14-32-21(29)15-8-3-1-4-9-15/h1-6,8-11,17-20,23,27-28H,7,12-14H2/t17-,18+,19+,20-,23-/m1/s1. The summed E-state index contributed by atoms with van der Waals surface area (Å²) in [6.07, 6.45) is -6.53. The molecule has 0 aliphatic carbocycles. The number of azide groups is 1. The Hall–Kier alpha value is -3.47. The van der Waals surface area contributed by atoms with Gasteiger partial charge in [0.25, 0.3) is 0 Å². The van der Waals surface area contributed by atoms with Crippen molar-refractivity contribution in [2.24, 2.45) is 5.11 Å². The minimum absolute atomic E-state index is 0.0579. The minimum atomic E-state index is -1.58. The van der Waals surface area contributed by atoms with Crippen molar-refractivity contribution in [1.82, 2.24) is 0 Å². The number of carbonyl (C=O) groups is 2. The second-order valence-corrected chi connectivity index (χ2v) is 7.40. The molecule has 1 fully saturated rings. The van der Waals surface area contributed by atoms with Crippen molar-refractivity contribution in [3.8, 4) is 0 Å². The van der Waals surface area contributed by atoms with E-state index in [1.165, 1.54) is 12.1 Å². The van der Waals surface area contributed by atoms with Crippen molar-refractivity contribution in [3.05, 3.63) is 82.2 Å². The first-order chi connectivity index (χ1) is 16.5. The zero-order valence-electron chi connectivity index (χ0n) is 18.2. The summed E-state index contributed by atoms with van der Waals surface area (Å²) in [5, 5.41) is 24.7. The first kappa shape index (κ1) is 25.2. The maximum atomic E-state index is 12.5. The molecule has 0 amide bonds. The smallest absolute Gasteiger partial charge is 0.338 e. The average molecular weight is 471 g/mol. The van der Waals surface area contributed by atoms with E-state index in [4.69, 9.17) is 24.5 Å². The third-order valence-corrected chi connectivity index (χ3v) is 5.03. The van der Waals surface area contributed by atoms with Crippen LogP contribution in [-0.4, -0.2) is 72.6 Å². The molecule has 11 heteroatoms. The largest absolute Gasteiger partial charge is 0.459 e. The van der Waals surface area contributed by atoms with Crippen LogP contribution < -0.4 is 0 Å². The summed E-state index contributed by atoms with van der Waals surface area (Å²) in [5.74, 6) is -1.37. The molecule has 2 N–H and O–H groups in total. The van der Waals surface area contributed by atoms with Crippen molar-refractivity contribution in [1.29, 1.82) is 0 Å². The molecule has 11 nitrogen and oxygen atoms in total. The van der Waals surface area contributed by atoms with Gasteiger partial charge in [0.05, 0.1) is 17.7 Å². The molecule has 0 spiro atoms. The summed E-state index contributed by atoms with van der Waals surface area (Å²) < 4.78 is 22.0. The molecule has 2 aromatic rings. The van der Waals surface area contributed by atoms with Crippen molar-refractivity contribution >= 4 is 11.9 Å². The Kier molecular flexibility index (Phi) is 9.39. The van der Waals surface area contributed by atoms with Crippen LogP contribution in [0.5, 0.6) is 0 Å². The summed E-state index contributed by atoms with van der Waals surface area (Å²) >= 11 is 0. The molecule has 2 aromatic carbocycles. The van der Waals surface area contributed by atoms with Crippen LogP contribution in [0.4, 0.5) is 0 Å². The highest BCUT2D eigenvalue weighted by Crippen LogP contribution is 2.26. The van der Waals surface area contributed by atoms with Crippen molar-refractivity contribution in [3.63, 3.8) is 0 Å². The Bertz CT molecular complexity index is 982. The third kappa shape index (κ3) is 6.77. The van der Waals surface area contributed by atoms with Gasteiger partial charge >= 0.3 is 11.9 Å². The Balaban J connectivity index is 1.68. The summed E-state index contributed by atoms with van der Waals surface area (Å²) in [5.41, 5.74) is 8.94. The first-order valence-corrected chi connectivity index (χ1v) is 10.6. The van der Waals surface area contributed by atoms with E-state index < -0.39 is 42.6 Å². The highest BCUT2D eigenvalue weighted by Gasteiger charge is 2.48. The topological polar surface area (TPSA) is 160 Å². The van der Waals surface area contributed by atoms with E-state index in [0.29, 0.717) is 12.0 Å². The van der Waals surface area contributed by atoms with Gasteiger partial charge in [-0.2, -0.15) is 0 Å². The van der Waals surface area contributed by atoms with Gasteiger partial charge in [-0.05, 0) is 36.2 Å². The van der Waals surface area contributed by atoms with Gasteiger partial charge < -0.3 is 29.2 Å². The molecule has 1 aliphatic rings. The maximum absolute atomic E-state index is 12.5. The molecule has 1 aliphatic heterocycles. The highest BCUT2D eigenvalue weighted by molar-refractivity contribution is 5.89.